The van der Waals surface area contributed by atoms with Gasteiger partial charge in [-0.05, 0) is 73.8 Å². The van der Waals surface area contributed by atoms with Crippen LogP contribution >= 0.6 is 0 Å². The van der Waals surface area contributed by atoms with E-state index < -0.39 is 0 Å². The Kier molecular flexibility index (Phi) is 8.06. The van der Waals surface area contributed by atoms with E-state index in [0.717, 1.165) is 36.8 Å². The quantitative estimate of drug-likeness (QED) is 0.350. The number of aryl methyl sites for hydroxylation is 1. The molecule has 1 aliphatic rings. The summed E-state index contributed by atoms with van der Waals surface area (Å²) in [5, 5.41) is 20.8. The average molecular weight is 375 g/mol. The van der Waals surface area contributed by atoms with Crippen LogP contribution in [-0.4, -0.2) is 10.2 Å². The lowest BCUT2D eigenvalue weighted by Gasteiger charge is -2.22. The topological polar surface area (TPSA) is 40.5 Å². The van der Waals surface area contributed by atoms with Crippen LogP contribution in [0.4, 0.5) is 0 Å². The fourth-order valence-electron chi connectivity index (χ4n) is 3.89. The summed E-state index contributed by atoms with van der Waals surface area (Å²) >= 11 is 0. The van der Waals surface area contributed by atoms with E-state index in [-0.39, 0.29) is 5.75 Å². The van der Waals surface area contributed by atoms with Gasteiger partial charge in [-0.2, -0.15) is 0 Å². The molecule has 0 saturated heterocycles. The first-order valence-corrected chi connectivity index (χ1v) is 11.3. The second kappa shape index (κ2) is 9.85. The molecule has 1 fully saturated rings. The Hall–Kier alpha value is -1.18. The van der Waals surface area contributed by atoms with Crippen LogP contribution in [0.5, 0.6) is 11.5 Å². The number of benzene rings is 1. The highest BCUT2D eigenvalue weighted by molar-refractivity contribution is 5.48. The van der Waals surface area contributed by atoms with Crippen molar-refractivity contribution in [2.45, 2.75) is 111 Å². The number of unbranched alkanes of at least 4 members (excludes halogenated alkanes) is 4. The third-order valence-electron chi connectivity index (χ3n) is 6.91. The number of hydrogen-bond acceptors (Lipinski definition) is 2. The molecule has 0 aliphatic heterocycles. The molecule has 154 valence electrons. The molecule has 0 unspecified atom stereocenters. The lowest BCUT2D eigenvalue weighted by Crippen LogP contribution is -2.08. The zero-order chi connectivity index (χ0) is 19.9. The average Bonchev–Trinajstić information content (AvgIpc) is 3.36. The molecule has 0 bridgehead atoms. The fourth-order valence-corrected chi connectivity index (χ4v) is 3.89. The molecule has 1 aliphatic carbocycles. The molecular formula is C25H42O2. The van der Waals surface area contributed by atoms with Gasteiger partial charge >= 0.3 is 0 Å². The highest BCUT2D eigenvalue weighted by Crippen LogP contribution is 2.49. The Bertz CT molecular complexity index is 584. The van der Waals surface area contributed by atoms with Gasteiger partial charge in [0.15, 0.2) is 0 Å². The number of rotatable bonds is 13. The van der Waals surface area contributed by atoms with Gasteiger partial charge < -0.3 is 10.2 Å². The van der Waals surface area contributed by atoms with E-state index in [0.29, 0.717) is 16.6 Å². The van der Waals surface area contributed by atoms with Crippen molar-refractivity contribution in [2.75, 3.05) is 0 Å². The summed E-state index contributed by atoms with van der Waals surface area (Å²) in [6, 6.07) is 3.68. The summed E-state index contributed by atoms with van der Waals surface area (Å²) in [7, 11) is 0. The van der Waals surface area contributed by atoms with E-state index in [1.165, 1.54) is 57.8 Å². The molecule has 1 aromatic rings. The summed E-state index contributed by atoms with van der Waals surface area (Å²) in [5.74, 6) is 0.605. The van der Waals surface area contributed by atoms with Crippen LogP contribution in [0.3, 0.4) is 0 Å². The van der Waals surface area contributed by atoms with Crippen LogP contribution in [0.15, 0.2) is 12.1 Å². The first kappa shape index (κ1) is 22.1. The first-order valence-electron chi connectivity index (χ1n) is 11.3. The van der Waals surface area contributed by atoms with Crippen LogP contribution in [0.25, 0.3) is 0 Å². The minimum absolute atomic E-state index is 0.258. The monoisotopic (exact) mass is 374 g/mol. The van der Waals surface area contributed by atoms with Crippen molar-refractivity contribution in [3.8, 4) is 11.5 Å². The van der Waals surface area contributed by atoms with Crippen molar-refractivity contribution < 1.29 is 10.2 Å². The van der Waals surface area contributed by atoms with Crippen molar-refractivity contribution in [3.63, 3.8) is 0 Å². The predicted octanol–water partition coefficient (Wildman–Crippen LogP) is 7.54. The standard InChI is InChI=1S/C25H42O2/c1-5-24(2,3)16-10-7-6-8-13-21-22(26)15-14-20(23(21)27)12-9-11-17-25(4)18-19-25/h14-15,26-27H,5-13,16-19H2,1-4H3. The van der Waals surface area contributed by atoms with Gasteiger partial charge in [-0.25, -0.2) is 0 Å². The van der Waals surface area contributed by atoms with Gasteiger partial charge in [0.1, 0.15) is 11.5 Å². The first-order chi connectivity index (χ1) is 12.8. The molecule has 0 radical (unpaired) electrons. The van der Waals surface area contributed by atoms with Crippen LogP contribution in [0.1, 0.15) is 109 Å². The molecule has 0 spiro atoms. The van der Waals surface area contributed by atoms with Crippen molar-refractivity contribution in [2.24, 2.45) is 10.8 Å². The van der Waals surface area contributed by atoms with Crippen molar-refractivity contribution >= 4 is 0 Å². The number of phenolic OH excluding ortho intramolecular Hbond substituents is 2. The van der Waals surface area contributed by atoms with E-state index in [1.54, 1.807) is 6.07 Å². The van der Waals surface area contributed by atoms with Crippen molar-refractivity contribution in [3.05, 3.63) is 23.3 Å². The summed E-state index contributed by atoms with van der Waals surface area (Å²) in [4.78, 5) is 0. The SMILES string of the molecule is CCC(C)(C)CCCCCCc1c(O)ccc(CCCCC2(C)CC2)c1O. The third kappa shape index (κ3) is 7.39. The molecule has 0 aromatic heterocycles. The van der Waals surface area contributed by atoms with Gasteiger partial charge in [0.05, 0.1) is 0 Å². The van der Waals surface area contributed by atoms with Crippen molar-refractivity contribution in [1.82, 2.24) is 0 Å². The summed E-state index contributed by atoms with van der Waals surface area (Å²) in [6.45, 7) is 9.34. The fraction of sp³-hybridized carbons (Fsp3) is 0.760. The van der Waals surface area contributed by atoms with Gasteiger partial charge in [0.25, 0.3) is 0 Å². The zero-order valence-electron chi connectivity index (χ0n) is 18.2. The van der Waals surface area contributed by atoms with E-state index >= 15 is 0 Å². The summed E-state index contributed by atoms with van der Waals surface area (Å²) in [5.41, 5.74) is 2.85. The molecule has 0 amide bonds. The van der Waals surface area contributed by atoms with Gasteiger partial charge in [0, 0.05) is 5.56 Å². The number of hydrogen-bond donors (Lipinski definition) is 2. The maximum absolute atomic E-state index is 10.6. The van der Waals surface area contributed by atoms with Gasteiger partial charge in [-0.3, -0.25) is 0 Å². The molecule has 1 saturated carbocycles. The predicted molar refractivity (Wildman–Crippen MR) is 116 cm³/mol. The Labute approximate surface area is 167 Å². The normalized spacial score (nSPS) is 15.9. The molecule has 2 heteroatoms. The molecule has 2 rings (SSSR count). The molecule has 0 atom stereocenters. The summed E-state index contributed by atoms with van der Waals surface area (Å²) < 4.78 is 0. The van der Waals surface area contributed by atoms with Gasteiger partial charge in [0.2, 0.25) is 0 Å². The highest BCUT2D eigenvalue weighted by atomic mass is 16.3. The van der Waals surface area contributed by atoms with Crippen LogP contribution < -0.4 is 0 Å². The Morgan fingerprint density at radius 1 is 0.926 bits per heavy atom. The van der Waals surface area contributed by atoms with Gasteiger partial charge in [-0.15, -0.1) is 0 Å². The summed E-state index contributed by atoms with van der Waals surface area (Å²) in [6.07, 6.45) is 15.4. The lowest BCUT2D eigenvalue weighted by molar-refractivity contribution is 0.307. The smallest absolute Gasteiger partial charge is 0.125 e. The van der Waals surface area contributed by atoms with Crippen LogP contribution in [-0.2, 0) is 12.8 Å². The number of aromatic hydroxyl groups is 2. The minimum atomic E-state index is 0.258. The molecule has 1 aromatic carbocycles. The van der Waals surface area contributed by atoms with Crippen LogP contribution in [0.2, 0.25) is 0 Å². The second-order valence-corrected chi connectivity index (χ2v) is 10.0. The minimum Gasteiger partial charge on any atom is -0.508 e. The Morgan fingerprint density at radius 2 is 1.59 bits per heavy atom. The zero-order valence-corrected chi connectivity index (χ0v) is 18.2. The largest absolute Gasteiger partial charge is 0.508 e. The molecule has 0 heterocycles. The molecule has 27 heavy (non-hydrogen) atoms. The van der Waals surface area contributed by atoms with Gasteiger partial charge in [-0.1, -0.05) is 65.9 Å². The molecular weight excluding hydrogens is 332 g/mol. The van der Waals surface area contributed by atoms with E-state index in [9.17, 15) is 10.2 Å². The Morgan fingerprint density at radius 3 is 2.26 bits per heavy atom. The lowest BCUT2D eigenvalue weighted by atomic mass is 9.84. The second-order valence-electron chi connectivity index (χ2n) is 10.0. The van der Waals surface area contributed by atoms with Crippen LogP contribution in [0, 0.1) is 10.8 Å². The molecule has 2 N–H and O–H groups in total. The maximum atomic E-state index is 10.6. The third-order valence-corrected chi connectivity index (χ3v) is 6.91. The van der Waals surface area contributed by atoms with E-state index in [4.69, 9.17) is 0 Å². The maximum Gasteiger partial charge on any atom is 0.125 e. The Balaban J connectivity index is 1.73. The number of phenols is 2. The van der Waals surface area contributed by atoms with E-state index in [2.05, 4.69) is 27.7 Å². The van der Waals surface area contributed by atoms with Crippen molar-refractivity contribution in [1.29, 1.82) is 0 Å². The highest BCUT2D eigenvalue weighted by Gasteiger charge is 2.35. The van der Waals surface area contributed by atoms with E-state index in [1.807, 2.05) is 6.07 Å². The molecule has 2 nitrogen and oxygen atoms in total.